The van der Waals surface area contributed by atoms with E-state index in [0.717, 1.165) is 67.1 Å². The number of anilines is 2. The number of nitrogens with zero attached hydrogens (tertiary/aromatic N) is 6. The fraction of sp³-hybridized carbons (Fsp3) is 0.423. The Hall–Kier alpha value is -3.57. The molecule has 1 saturated carbocycles. The SMILES string of the molecule is CNC1CC(n2cc(C#N)c3ccc(N4CCN(c5ccc(/C(C)=N/OC)cc5)CC4)nc32)C1. The smallest absolute Gasteiger partial charge is 0.143 e. The lowest BCUT2D eigenvalue weighted by Crippen LogP contribution is -2.46. The van der Waals surface area contributed by atoms with Crippen LogP contribution < -0.4 is 15.1 Å². The van der Waals surface area contributed by atoms with Crippen LogP contribution in [0.25, 0.3) is 11.0 Å². The van der Waals surface area contributed by atoms with Gasteiger partial charge in [0.2, 0.25) is 0 Å². The van der Waals surface area contributed by atoms with Crippen LogP contribution in [0.3, 0.4) is 0 Å². The molecule has 1 aromatic carbocycles. The molecule has 1 aliphatic carbocycles. The summed E-state index contributed by atoms with van der Waals surface area (Å²) < 4.78 is 2.22. The van der Waals surface area contributed by atoms with Crippen molar-refractivity contribution in [2.75, 3.05) is 50.1 Å². The molecular formula is C26H31N7O. The molecule has 0 atom stereocenters. The van der Waals surface area contributed by atoms with Crippen LogP contribution in [0, 0.1) is 11.3 Å². The molecule has 8 nitrogen and oxygen atoms in total. The Kier molecular flexibility index (Phi) is 6.12. The van der Waals surface area contributed by atoms with E-state index in [4.69, 9.17) is 9.82 Å². The average Bonchev–Trinajstić information content (AvgIpc) is 3.21. The highest BCUT2D eigenvalue weighted by Crippen LogP contribution is 2.36. The van der Waals surface area contributed by atoms with Gasteiger partial charge in [0.15, 0.2) is 0 Å². The molecule has 0 bridgehead atoms. The Bertz CT molecular complexity index is 1230. The summed E-state index contributed by atoms with van der Waals surface area (Å²) in [4.78, 5) is 14.7. The van der Waals surface area contributed by atoms with Gasteiger partial charge in [-0.15, -0.1) is 0 Å². The van der Waals surface area contributed by atoms with Crippen LogP contribution in [0.1, 0.15) is 36.9 Å². The fourth-order valence-electron chi connectivity index (χ4n) is 5.01. The summed E-state index contributed by atoms with van der Waals surface area (Å²) in [5.41, 5.74) is 4.79. The number of rotatable bonds is 6. The third-order valence-electron chi connectivity index (χ3n) is 7.18. The zero-order valence-electron chi connectivity index (χ0n) is 20.0. The first-order valence-electron chi connectivity index (χ1n) is 11.9. The minimum Gasteiger partial charge on any atom is -0.399 e. The summed E-state index contributed by atoms with van der Waals surface area (Å²) in [7, 11) is 3.58. The van der Waals surface area contributed by atoms with E-state index in [-0.39, 0.29) is 0 Å². The summed E-state index contributed by atoms with van der Waals surface area (Å²) in [5.74, 6) is 0.988. The standard InChI is InChI=1S/C26H31N7O/c1-18(30-34-3)19-4-6-22(7-5-19)31-10-12-32(13-11-31)25-9-8-24-20(16-27)17-33(26(24)29-25)23-14-21(15-23)28-2/h4-9,17,21,23,28H,10-15H2,1-3H3/b30-18+. The van der Waals surface area contributed by atoms with Crippen LogP contribution in [-0.4, -0.2) is 61.6 Å². The number of hydrogen-bond acceptors (Lipinski definition) is 7. The van der Waals surface area contributed by atoms with E-state index in [1.807, 2.05) is 20.2 Å². The fourth-order valence-corrected chi connectivity index (χ4v) is 5.01. The van der Waals surface area contributed by atoms with Crippen molar-refractivity contribution >= 4 is 28.3 Å². The zero-order valence-corrected chi connectivity index (χ0v) is 20.0. The number of piperazine rings is 1. The van der Waals surface area contributed by atoms with Crippen molar-refractivity contribution in [3.05, 3.63) is 53.7 Å². The van der Waals surface area contributed by atoms with Gasteiger partial charge in [-0.1, -0.05) is 17.3 Å². The number of fused-ring (bicyclic) bond motifs is 1. The van der Waals surface area contributed by atoms with Crippen molar-refractivity contribution in [3.63, 3.8) is 0 Å². The minimum atomic E-state index is 0.405. The summed E-state index contributed by atoms with van der Waals surface area (Å²) in [6.45, 7) is 5.62. The van der Waals surface area contributed by atoms with Crippen LogP contribution in [0.2, 0.25) is 0 Å². The second kappa shape index (κ2) is 9.35. The molecule has 0 radical (unpaired) electrons. The molecule has 1 saturated heterocycles. The first-order valence-corrected chi connectivity index (χ1v) is 11.9. The van der Waals surface area contributed by atoms with Gasteiger partial charge in [-0.2, -0.15) is 5.26 Å². The van der Waals surface area contributed by atoms with Crippen LogP contribution in [0.4, 0.5) is 11.5 Å². The number of pyridine rings is 1. The molecule has 2 aliphatic rings. The van der Waals surface area contributed by atoms with E-state index in [2.05, 4.69) is 67.3 Å². The Balaban J connectivity index is 1.30. The summed E-state index contributed by atoms with van der Waals surface area (Å²) in [6, 6.07) is 15.9. The molecule has 1 N–H and O–H groups in total. The highest BCUT2D eigenvalue weighted by atomic mass is 16.6. The number of nitriles is 1. The van der Waals surface area contributed by atoms with Crippen LogP contribution in [0.15, 0.2) is 47.8 Å². The van der Waals surface area contributed by atoms with E-state index < -0.39 is 0 Å². The van der Waals surface area contributed by atoms with Gasteiger partial charge >= 0.3 is 0 Å². The number of hydrogen-bond donors (Lipinski definition) is 1. The molecule has 3 aromatic rings. The Morgan fingerprint density at radius 1 is 1.09 bits per heavy atom. The van der Waals surface area contributed by atoms with Gasteiger partial charge in [-0.05, 0) is 56.6 Å². The van der Waals surface area contributed by atoms with E-state index in [1.165, 1.54) is 5.69 Å². The van der Waals surface area contributed by atoms with E-state index in [9.17, 15) is 5.26 Å². The van der Waals surface area contributed by atoms with Gasteiger partial charge in [0.05, 0.1) is 11.3 Å². The van der Waals surface area contributed by atoms with Gasteiger partial charge < -0.3 is 24.5 Å². The monoisotopic (exact) mass is 457 g/mol. The van der Waals surface area contributed by atoms with Gasteiger partial charge in [0, 0.05) is 55.5 Å². The summed E-state index contributed by atoms with van der Waals surface area (Å²) in [6.07, 6.45) is 4.13. The van der Waals surface area contributed by atoms with E-state index in [1.54, 1.807) is 7.11 Å². The average molecular weight is 458 g/mol. The lowest BCUT2D eigenvalue weighted by atomic mass is 9.87. The number of nitrogens with one attached hydrogen (secondary N) is 1. The van der Waals surface area contributed by atoms with Crippen molar-refractivity contribution < 1.29 is 4.84 Å². The topological polar surface area (TPSA) is 81.7 Å². The lowest BCUT2D eigenvalue weighted by molar-refractivity contribution is 0.213. The Morgan fingerprint density at radius 3 is 2.44 bits per heavy atom. The van der Waals surface area contributed by atoms with Gasteiger partial charge in [-0.25, -0.2) is 4.98 Å². The van der Waals surface area contributed by atoms with Gasteiger partial charge in [0.25, 0.3) is 0 Å². The molecule has 2 aromatic heterocycles. The van der Waals surface area contributed by atoms with Crippen molar-refractivity contribution in [2.45, 2.75) is 31.8 Å². The molecule has 0 unspecified atom stereocenters. The molecule has 0 amide bonds. The number of oxime groups is 1. The van der Waals surface area contributed by atoms with Crippen molar-refractivity contribution in [3.8, 4) is 6.07 Å². The third kappa shape index (κ3) is 4.08. The van der Waals surface area contributed by atoms with Gasteiger partial charge in [-0.3, -0.25) is 0 Å². The van der Waals surface area contributed by atoms with E-state index >= 15 is 0 Å². The Labute approximate surface area is 200 Å². The maximum atomic E-state index is 9.62. The maximum absolute atomic E-state index is 9.62. The van der Waals surface area contributed by atoms with Gasteiger partial charge in [0.1, 0.15) is 24.6 Å². The van der Waals surface area contributed by atoms with Crippen molar-refractivity contribution in [1.82, 2.24) is 14.9 Å². The molecule has 34 heavy (non-hydrogen) atoms. The van der Waals surface area contributed by atoms with Crippen LogP contribution in [0.5, 0.6) is 0 Å². The normalized spacial score (nSPS) is 20.8. The molecular weight excluding hydrogens is 426 g/mol. The molecule has 1 aliphatic heterocycles. The summed E-state index contributed by atoms with van der Waals surface area (Å²) >= 11 is 0. The molecule has 0 spiro atoms. The molecule has 5 rings (SSSR count). The van der Waals surface area contributed by atoms with Crippen molar-refractivity contribution in [2.24, 2.45) is 5.16 Å². The quantitative estimate of drug-likeness (QED) is 0.451. The third-order valence-corrected chi connectivity index (χ3v) is 7.18. The maximum Gasteiger partial charge on any atom is 0.143 e. The summed E-state index contributed by atoms with van der Waals surface area (Å²) in [5, 5.41) is 17.9. The minimum absolute atomic E-state index is 0.405. The number of benzene rings is 1. The molecule has 176 valence electrons. The Morgan fingerprint density at radius 2 is 1.79 bits per heavy atom. The highest BCUT2D eigenvalue weighted by Gasteiger charge is 2.31. The second-order valence-corrected chi connectivity index (χ2v) is 9.09. The zero-order chi connectivity index (χ0) is 23.7. The van der Waals surface area contributed by atoms with Crippen LogP contribution >= 0.6 is 0 Å². The second-order valence-electron chi connectivity index (χ2n) is 9.09. The highest BCUT2D eigenvalue weighted by molar-refractivity contribution is 5.98. The number of aromatic nitrogens is 2. The predicted octanol–water partition coefficient (Wildman–Crippen LogP) is 3.53. The van der Waals surface area contributed by atoms with Crippen LogP contribution in [-0.2, 0) is 4.84 Å². The first kappa shape index (κ1) is 22.2. The van der Waals surface area contributed by atoms with E-state index in [0.29, 0.717) is 17.6 Å². The van der Waals surface area contributed by atoms with Crippen molar-refractivity contribution in [1.29, 1.82) is 5.26 Å². The molecule has 2 fully saturated rings. The first-order chi connectivity index (χ1) is 16.6. The molecule has 3 heterocycles. The largest absolute Gasteiger partial charge is 0.399 e. The predicted molar refractivity (Wildman–Crippen MR) is 136 cm³/mol. The molecule has 8 heteroatoms. The lowest BCUT2D eigenvalue weighted by Gasteiger charge is -2.37.